The van der Waals surface area contributed by atoms with Gasteiger partial charge in [0.15, 0.2) is 0 Å². The van der Waals surface area contributed by atoms with E-state index in [1.54, 1.807) is 0 Å². The first-order valence-electron chi connectivity index (χ1n) is 5.16. The van der Waals surface area contributed by atoms with Crippen molar-refractivity contribution in [2.24, 2.45) is 5.41 Å². The molecular formula is C11H22O. The van der Waals surface area contributed by atoms with Crippen LogP contribution in [0.3, 0.4) is 0 Å². The van der Waals surface area contributed by atoms with Gasteiger partial charge in [0.2, 0.25) is 0 Å². The lowest BCUT2D eigenvalue weighted by Gasteiger charge is -2.51. The van der Waals surface area contributed by atoms with Crippen LogP contribution in [0.5, 0.6) is 0 Å². The van der Waals surface area contributed by atoms with Crippen LogP contribution >= 0.6 is 0 Å². The molecule has 1 fully saturated rings. The van der Waals surface area contributed by atoms with Gasteiger partial charge in [-0.3, -0.25) is 0 Å². The van der Waals surface area contributed by atoms with Crippen LogP contribution in [0.4, 0.5) is 0 Å². The monoisotopic (exact) mass is 170 g/mol. The van der Waals surface area contributed by atoms with Gasteiger partial charge in [0, 0.05) is 6.61 Å². The van der Waals surface area contributed by atoms with Crippen LogP contribution in [0, 0.1) is 5.41 Å². The predicted molar refractivity (Wildman–Crippen MR) is 52.3 cm³/mol. The second-order valence-corrected chi connectivity index (χ2v) is 4.95. The van der Waals surface area contributed by atoms with E-state index in [0.29, 0.717) is 5.41 Å². The zero-order valence-corrected chi connectivity index (χ0v) is 8.94. The summed E-state index contributed by atoms with van der Waals surface area (Å²) >= 11 is 0. The highest BCUT2D eigenvalue weighted by atomic mass is 16.5. The molecule has 0 heterocycles. The summed E-state index contributed by atoms with van der Waals surface area (Å²) in [4.78, 5) is 0. The van der Waals surface area contributed by atoms with E-state index < -0.39 is 0 Å². The summed E-state index contributed by atoms with van der Waals surface area (Å²) in [5.41, 5.74) is 0.531. The van der Waals surface area contributed by atoms with Crippen LogP contribution in [0.1, 0.15) is 53.4 Å². The molecule has 0 atom stereocenters. The van der Waals surface area contributed by atoms with Gasteiger partial charge in [0.1, 0.15) is 0 Å². The summed E-state index contributed by atoms with van der Waals surface area (Å²) in [6.45, 7) is 9.98. The third-order valence-corrected chi connectivity index (χ3v) is 3.11. The Kier molecular flexibility index (Phi) is 2.82. The van der Waals surface area contributed by atoms with Gasteiger partial charge in [-0.15, -0.1) is 0 Å². The fraction of sp³-hybridized carbons (Fsp3) is 1.00. The van der Waals surface area contributed by atoms with Gasteiger partial charge in [0.05, 0.1) is 5.60 Å². The number of ether oxygens (including phenoxy) is 1. The van der Waals surface area contributed by atoms with E-state index in [-0.39, 0.29) is 5.60 Å². The molecule has 12 heavy (non-hydrogen) atoms. The maximum atomic E-state index is 5.98. The number of hydrogen-bond acceptors (Lipinski definition) is 1. The molecule has 1 aliphatic rings. The van der Waals surface area contributed by atoms with Gasteiger partial charge < -0.3 is 4.74 Å². The van der Waals surface area contributed by atoms with Gasteiger partial charge in [-0.25, -0.2) is 0 Å². The van der Waals surface area contributed by atoms with Gasteiger partial charge in [-0.1, -0.05) is 27.7 Å². The van der Waals surface area contributed by atoms with E-state index >= 15 is 0 Å². The van der Waals surface area contributed by atoms with Gasteiger partial charge in [-0.2, -0.15) is 0 Å². The summed E-state index contributed by atoms with van der Waals surface area (Å²) in [5.74, 6) is 0. The van der Waals surface area contributed by atoms with Crippen LogP contribution in [0.2, 0.25) is 0 Å². The Balaban J connectivity index is 2.51. The molecule has 1 saturated carbocycles. The molecule has 0 aromatic heterocycles. The van der Waals surface area contributed by atoms with Gasteiger partial charge in [-0.05, 0) is 31.1 Å². The minimum atomic E-state index is 0.211. The van der Waals surface area contributed by atoms with Crippen molar-refractivity contribution in [2.45, 2.75) is 59.0 Å². The van der Waals surface area contributed by atoms with Crippen molar-refractivity contribution >= 4 is 0 Å². The summed E-state index contributed by atoms with van der Waals surface area (Å²) in [5, 5.41) is 0. The van der Waals surface area contributed by atoms with E-state index in [0.717, 1.165) is 13.0 Å². The molecule has 72 valence electrons. The largest absolute Gasteiger partial charge is 0.374 e. The highest BCUT2D eigenvalue weighted by Gasteiger charge is 2.47. The Morgan fingerprint density at radius 1 is 1.25 bits per heavy atom. The van der Waals surface area contributed by atoms with Crippen LogP contribution in [-0.2, 0) is 4.74 Å². The Morgan fingerprint density at radius 3 is 2.08 bits per heavy atom. The molecule has 0 bridgehead atoms. The molecule has 0 aromatic carbocycles. The maximum Gasteiger partial charge on any atom is 0.0730 e. The predicted octanol–water partition coefficient (Wildman–Crippen LogP) is 3.38. The third-order valence-electron chi connectivity index (χ3n) is 3.11. The fourth-order valence-electron chi connectivity index (χ4n) is 1.91. The first-order valence-corrected chi connectivity index (χ1v) is 5.16. The van der Waals surface area contributed by atoms with Crippen molar-refractivity contribution in [2.75, 3.05) is 6.61 Å². The molecule has 1 nitrogen and oxygen atoms in total. The second-order valence-electron chi connectivity index (χ2n) is 4.95. The van der Waals surface area contributed by atoms with Crippen molar-refractivity contribution in [3.63, 3.8) is 0 Å². The van der Waals surface area contributed by atoms with E-state index in [2.05, 4.69) is 27.7 Å². The highest BCUT2D eigenvalue weighted by molar-refractivity contribution is 4.98. The molecule has 1 heteroatoms. The molecule has 1 aliphatic carbocycles. The number of hydrogen-bond donors (Lipinski definition) is 0. The molecule has 1 rings (SSSR count). The minimum absolute atomic E-state index is 0.211. The summed E-state index contributed by atoms with van der Waals surface area (Å²) in [6.07, 6.45) is 5.01. The van der Waals surface area contributed by atoms with Crippen LogP contribution in [0.15, 0.2) is 0 Å². The van der Waals surface area contributed by atoms with E-state index in [9.17, 15) is 0 Å². The molecule has 0 N–H and O–H groups in total. The normalized spacial score (nSPS) is 22.0. The van der Waals surface area contributed by atoms with Crippen molar-refractivity contribution in [3.05, 3.63) is 0 Å². The van der Waals surface area contributed by atoms with E-state index in [4.69, 9.17) is 4.74 Å². The van der Waals surface area contributed by atoms with Crippen molar-refractivity contribution in [1.82, 2.24) is 0 Å². The summed E-state index contributed by atoms with van der Waals surface area (Å²) in [7, 11) is 0. The Labute approximate surface area is 76.5 Å². The molecule has 0 unspecified atom stereocenters. The Morgan fingerprint density at radius 2 is 1.83 bits per heavy atom. The van der Waals surface area contributed by atoms with Crippen molar-refractivity contribution in [1.29, 1.82) is 0 Å². The maximum absolute atomic E-state index is 5.98. The lowest BCUT2D eigenvalue weighted by Crippen LogP contribution is -2.51. The molecule has 0 aromatic rings. The molecule has 0 radical (unpaired) electrons. The first-order chi connectivity index (χ1) is 5.52. The molecule has 0 saturated heterocycles. The quantitative estimate of drug-likeness (QED) is 0.631. The van der Waals surface area contributed by atoms with Crippen molar-refractivity contribution < 1.29 is 4.74 Å². The van der Waals surface area contributed by atoms with Crippen LogP contribution in [0.25, 0.3) is 0 Å². The first kappa shape index (κ1) is 10.0. The smallest absolute Gasteiger partial charge is 0.0730 e. The lowest BCUT2D eigenvalue weighted by atomic mass is 9.64. The second kappa shape index (κ2) is 3.37. The molecule has 0 aliphatic heterocycles. The van der Waals surface area contributed by atoms with E-state index in [1.165, 1.54) is 19.3 Å². The summed E-state index contributed by atoms with van der Waals surface area (Å²) in [6, 6.07) is 0. The standard InChI is InChI=1S/C11H22O/c1-5-9-12-11(7-6-8-11)10(2,3)4/h5-9H2,1-4H3. The van der Waals surface area contributed by atoms with Crippen LogP contribution in [-0.4, -0.2) is 12.2 Å². The molecular weight excluding hydrogens is 148 g/mol. The Hall–Kier alpha value is -0.0400. The van der Waals surface area contributed by atoms with Crippen LogP contribution < -0.4 is 0 Å². The third kappa shape index (κ3) is 1.66. The van der Waals surface area contributed by atoms with Gasteiger partial charge in [0.25, 0.3) is 0 Å². The average molecular weight is 170 g/mol. The lowest BCUT2D eigenvalue weighted by molar-refractivity contribution is -0.165. The summed E-state index contributed by atoms with van der Waals surface area (Å²) < 4.78 is 5.98. The zero-order chi connectivity index (χ0) is 9.24. The fourth-order valence-corrected chi connectivity index (χ4v) is 1.91. The molecule has 0 spiro atoms. The van der Waals surface area contributed by atoms with Gasteiger partial charge >= 0.3 is 0 Å². The number of rotatable bonds is 3. The SMILES string of the molecule is CCCOC1(C(C)(C)C)CCC1. The highest BCUT2D eigenvalue weighted by Crippen LogP contribution is 2.48. The topological polar surface area (TPSA) is 9.23 Å². The zero-order valence-electron chi connectivity index (χ0n) is 8.94. The molecule has 0 amide bonds. The van der Waals surface area contributed by atoms with E-state index in [1.807, 2.05) is 0 Å². The minimum Gasteiger partial charge on any atom is -0.374 e. The van der Waals surface area contributed by atoms with Crippen molar-refractivity contribution in [3.8, 4) is 0 Å². The Bertz CT molecular complexity index is 140. The average Bonchev–Trinajstić information content (AvgIpc) is 1.82.